The van der Waals surface area contributed by atoms with E-state index in [1.54, 1.807) is 12.3 Å². The number of pyridine rings is 1. The summed E-state index contributed by atoms with van der Waals surface area (Å²) in [5.74, 6) is -0.250. The fourth-order valence-corrected chi connectivity index (χ4v) is 1.95. The summed E-state index contributed by atoms with van der Waals surface area (Å²) in [5.41, 5.74) is 3.70. The lowest BCUT2D eigenvalue weighted by Crippen LogP contribution is -2.03. The average molecular weight is 229 g/mol. The molecule has 0 aliphatic heterocycles. The topological polar surface area (TPSA) is 12.9 Å². The number of allylic oxidation sites excluding steroid dienone is 5. The molecule has 1 nitrogen and oxygen atoms in total. The summed E-state index contributed by atoms with van der Waals surface area (Å²) in [4.78, 5) is 4.29. The number of hydrogen-bond donors (Lipinski definition) is 0. The largest absolute Gasteiger partial charge is 0.256 e. The van der Waals surface area contributed by atoms with Gasteiger partial charge in [-0.3, -0.25) is 4.98 Å². The van der Waals surface area contributed by atoms with E-state index in [-0.39, 0.29) is 11.7 Å². The summed E-state index contributed by atoms with van der Waals surface area (Å²) in [6, 6.07) is 3.83. The summed E-state index contributed by atoms with van der Waals surface area (Å²) in [7, 11) is 0. The normalized spacial score (nSPS) is 19.6. The van der Waals surface area contributed by atoms with Crippen molar-refractivity contribution in [2.45, 2.75) is 26.2 Å². The highest BCUT2D eigenvalue weighted by Gasteiger charge is 2.19. The van der Waals surface area contributed by atoms with Crippen LogP contribution >= 0.6 is 0 Å². The Morgan fingerprint density at radius 2 is 2.24 bits per heavy atom. The Balaban J connectivity index is 2.25. The molecule has 0 spiro atoms. The Morgan fingerprint density at radius 1 is 1.47 bits per heavy atom. The van der Waals surface area contributed by atoms with Gasteiger partial charge in [-0.05, 0) is 43.5 Å². The maximum atomic E-state index is 13.8. The molecular formula is C15H16FN. The first-order chi connectivity index (χ1) is 8.08. The lowest BCUT2D eigenvalue weighted by Gasteiger charge is -2.17. The predicted molar refractivity (Wildman–Crippen MR) is 69.3 cm³/mol. The molecule has 0 radical (unpaired) electrons. The van der Waals surface area contributed by atoms with Crippen LogP contribution in [0, 0.1) is 0 Å². The van der Waals surface area contributed by atoms with Crippen LogP contribution in [-0.4, -0.2) is 4.98 Å². The number of nitrogens with zero attached hydrogens (tertiary/aromatic N) is 1. The van der Waals surface area contributed by atoms with Crippen molar-refractivity contribution in [3.63, 3.8) is 0 Å². The fraction of sp³-hybridized carbons (Fsp3) is 0.267. The van der Waals surface area contributed by atoms with Gasteiger partial charge in [-0.2, -0.15) is 0 Å². The zero-order valence-electron chi connectivity index (χ0n) is 10.2. The molecule has 2 heteroatoms. The second-order valence-electron chi connectivity index (χ2n) is 4.52. The molecule has 2 rings (SSSR count). The van der Waals surface area contributed by atoms with Crippen LogP contribution in [0.3, 0.4) is 0 Å². The van der Waals surface area contributed by atoms with Crippen molar-refractivity contribution in [3.8, 4) is 0 Å². The molecule has 0 bridgehead atoms. The SMILES string of the molecule is C=C(C)c1ccc(C2CC=C(C)C=C2F)cn1. The zero-order chi connectivity index (χ0) is 12.4. The van der Waals surface area contributed by atoms with Gasteiger partial charge in [0.2, 0.25) is 0 Å². The third kappa shape index (κ3) is 2.52. The highest BCUT2D eigenvalue weighted by Crippen LogP contribution is 2.33. The Kier molecular flexibility index (Phi) is 3.23. The molecule has 1 aliphatic carbocycles. The smallest absolute Gasteiger partial charge is 0.108 e. The Labute approximate surface area is 101 Å². The lowest BCUT2D eigenvalue weighted by atomic mass is 9.90. The standard InChI is InChI=1S/C15H16FN/c1-10(2)15-7-5-12(9-17-15)13-6-4-11(3)8-14(13)16/h4-5,7-9,13H,1,6H2,2-3H3. The quantitative estimate of drug-likeness (QED) is 0.732. The molecule has 88 valence electrons. The third-order valence-corrected chi connectivity index (χ3v) is 3.00. The van der Waals surface area contributed by atoms with Crippen LogP contribution in [-0.2, 0) is 0 Å². The van der Waals surface area contributed by atoms with Crippen LogP contribution in [0.5, 0.6) is 0 Å². The predicted octanol–water partition coefficient (Wildman–Crippen LogP) is 4.40. The fourth-order valence-electron chi connectivity index (χ4n) is 1.95. The molecule has 0 amide bonds. The summed E-state index contributed by atoms with van der Waals surface area (Å²) in [6.07, 6.45) is 6.11. The molecule has 1 heterocycles. The maximum Gasteiger partial charge on any atom is 0.108 e. The van der Waals surface area contributed by atoms with Crippen LogP contribution in [0.25, 0.3) is 5.57 Å². The Morgan fingerprint density at radius 3 is 2.76 bits per heavy atom. The molecule has 1 aliphatic rings. The van der Waals surface area contributed by atoms with Gasteiger partial charge in [-0.15, -0.1) is 0 Å². The molecule has 0 aromatic carbocycles. The Hall–Kier alpha value is -1.70. The van der Waals surface area contributed by atoms with E-state index >= 15 is 0 Å². The molecular weight excluding hydrogens is 213 g/mol. The van der Waals surface area contributed by atoms with Gasteiger partial charge in [-0.25, -0.2) is 4.39 Å². The molecule has 1 atom stereocenters. The first-order valence-corrected chi connectivity index (χ1v) is 5.73. The minimum atomic E-state index is -0.176. The molecule has 0 fully saturated rings. The van der Waals surface area contributed by atoms with Gasteiger partial charge in [0.05, 0.1) is 5.69 Å². The van der Waals surface area contributed by atoms with Crippen molar-refractivity contribution in [1.29, 1.82) is 0 Å². The van der Waals surface area contributed by atoms with Crippen molar-refractivity contribution in [2.24, 2.45) is 0 Å². The van der Waals surface area contributed by atoms with Crippen molar-refractivity contribution in [2.75, 3.05) is 0 Å². The molecule has 0 saturated heterocycles. The lowest BCUT2D eigenvalue weighted by molar-refractivity contribution is 0.537. The van der Waals surface area contributed by atoms with Crippen molar-refractivity contribution < 1.29 is 4.39 Å². The summed E-state index contributed by atoms with van der Waals surface area (Å²) in [5, 5.41) is 0. The Bertz CT molecular complexity index is 494. The molecule has 1 unspecified atom stereocenters. The minimum absolute atomic E-state index is 0.0742. The van der Waals surface area contributed by atoms with E-state index in [1.807, 2.05) is 26.0 Å². The van der Waals surface area contributed by atoms with Gasteiger partial charge in [0.1, 0.15) is 5.83 Å². The van der Waals surface area contributed by atoms with Crippen molar-refractivity contribution >= 4 is 5.57 Å². The van der Waals surface area contributed by atoms with Crippen LogP contribution in [0.1, 0.15) is 37.4 Å². The summed E-state index contributed by atoms with van der Waals surface area (Å²) >= 11 is 0. The van der Waals surface area contributed by atoms with Gasteiger partial charge >= 0.3 is 0 Å². The summed E-state index contributed by atoms with van der Waals surface area (Å²) < 4.78 is 13.8. The van der Waals surface area contributed by atoms with Gasteiger partial charge in [0, 0.05) is 12.1 Å². The van der Waals surface area contributed by atoms with E-state index in [9.17, 15) is 4.39 Å². The maximum absolute atomic E-state index is 13.8. The highest BCUT2D eigenvalue weighted by molar-refractivity contribution is 5.57. The molecule has 0 N–H and O–H groups in total. The zero-order valence-corrected chi connectivity index (χ0v) is 10.2. The number of aromatic nitrogens is 1. The highest BCUT2D eigenvalue weighted by atomic mass is 19.1. The minimum Gasteiger partial charge on any atom is -0.256 e. The number of rotatable bonds is 2. The second kappa shape index (κ2) is 4.66. The van der Waals surface area contributed by atoms with Crippen molar-refractivity contribution in [3.05, 3.63) is 59.7 Å². The number of halogens is 1. The van der Waals surface area contributed by atoms with Crippen LogP contribution < -0.4 is 0 Å². The third-order valence-electron chi connectivity index (χ3n) is 3.00. The molecule has 1 aromatic rings. The van der Waals surface area contributed by atoms with Crippen LogP contribution in [0.2, 0.25) is 0 Å². The number of hydrogen-bond acceptors (Lipinski definition) is 1. The van der Waals surface area contributed by atoms with E-state index in [0.717, 1.165) is 22.4 Å². The van der Waals surface area contributed by atoms with Crippen LogP contribution in [0.4, 0.5) is 4.39 Å². The monoisotopic (exact) mass is 229 g/mol. The van der Waals surface area contributed by atoms with Crippen molar-refractivity contribution in [1.82, 2.24) is 4.98 Å². The van der Waals surface area contributed by atoms with Gasteiger partial charge < -0.3 is 0 Å². The van der Waals surface area contributed by atoms with Gasteiger partial charge in [0.15, 0.2) is 0 Å². The van der Waals surface area contributed by atoms with E-state index < -0.39 is 0 Å². The van der Waals surface area contributed by atoms with E-state index in [0.29, 0.717) is 6.42 Å². The van der Waals surface area contributed by atoms with E-state index in [4.69, 9.17) is 0 Å². The first kappa shape index (κ1) is 11.8. The molecule has 1 aromatic heterocycles. The summed E-state index contributed by atoms with van der Waals surface area (Å²) in [6.45, 7) is 7.66. The van der Waals surface area contributed by atoms with E-state index in [1.165, 1.54) is 0 Å². The first-order valence-electron chi connectivity index (χ1n) is 5.73. The van der Waals surface area contributed by atoms with Gasteiger partial charge in [-0.1, -0.05) is 24.3 Å². The van der Waals surface area contributed by atoms with E-state index in [2.05, 4.69) is 17.6 Å². The average Bonchev–Trinajstić information content (AvgIpc) is 2.29. The molecule has 0 saturated carbocycles. The van der Waals surface area contributed by atoms with Gasteiger partial charge in [0.25, 0.3) is 0 Å². The molecule has 17 heavy (non-hydrogen) atoms. The second-order valence-corrected chi connectivity index (χ2v) is 4.52. The van der Waals surface area contributed by atoms with Crippen LogP contribution in [0.15, 0.2) is 48.5 Å².